The number of nitrogens with zero attached hydrogens (tertiary/aromatic N) is 1. The molecule has 2 aliphatic heterocycles. The van der Waals surface area contributed by atoms with Crippen molar-refractivity contribution in [3.05, 3.63) is 58.1 Å². The van der Waals surface area contributed by atoms with E-state index in [0.717, 1.165) is 18.4 Å². The number of hydrogen-bond acceptors (Lipinski definition) is 5. The van der Waals surface area contributed by atoms with Gasteiger partial charge >= 0.3 is 12.3 Å². The molecule has 3 atom stereocenters. The Hall–Kier alpha value is -2.49. The van der Waals surface area contributed by atoms with Gasteiger partial charge in [0.25, 0.3) is 0 Å². The van der Waals surface area contributed by atoms with Gasteiger partial charge in [-0.1, -0.05) is 23.7 Å². The van der Waals surface area contributed by atoms with Crippen molar-refractivity contribution in [2.45, 2.75) is 63.6 Å². The lowest BCUT2D eigenvalue weighted by Crippen LogP contribution is -2.50. The number of carbonyl (C=O) groups is 1. The number of piperidine rings is 1. The summed E-state index contributed by atoms with van der Waals surface area (Å²) >= 11 is 6.08. The number of benzene rings is 2. The van der Waals surface area contributed by atoms with Crippen molar-refractivity contribution in [1.82, 2.24) is 4.90 Å². The SMILES string of the molecule is C[C@H](C(=O)O)[C@@H](O)c1ccc2c(c1)OC1(CC2)CCN([C@@H](C)c2cc(Cl)ccc2OC(F)(F)F)CC1. The maximum Gasteiger partial charge on any atom is 0.573 e. The number of likely N-dealkylation sites (tertiary alicyclic amines) is 1. The summed E-state index contributed by atoms with van der Waals surface area (Å²) < 4.78 is 49.5. The van der Waals surface area contributed by atoms with E-state index in [4.69, 9.17) is 16.3 Å². The number of aliphatic hydroxyl groups excluding tert-OH is 1. The summed E-state index contributed by atoms with van der Waals surface area (Å²) in [7, 11) is 0. The molecule has 0 unspecified atom stereocenters. The smallest absolute Gasteiger partial charge is 0.487 e. The fourth-order valence-corrected chi connectivity index (χ4v) is 5.24. The Kier molecular flexibility index (Phi) is 7.46. The number of aliphatic carboxylic acids is 1. The summed E-state index contributed by atoms with van der Waals surface area (Å²) in [5, 5.41) is 20.0. The molecule has 36 heavy (non-hydrogen) atoms. The van der Waals surface area contributed by atoms with Crippen LogP contribution in [0.25, 0.3) is 0 Å². The molecule has 0 aromatic heterocycles. The van der Waals surface area contributed by atoms with E-state index in [0.29, 0.717) is 47.8 Å². The zero-order valence-electron chi connectivity index (χ0n) is 20.0. The average molecular weight is 528 g/mol. The van der Waals surface area contributed by atoms with E-state index in [1.165, 1.54) is 25.1 Å². The van der Waals surface area contributed by atoms with Crippen LogP contribution in [-0.4, -0.2) is 46.1 Å². The van der Waals surface area contributed by atoms with Crippen molar-refractivity contribution in [2.24, 2.45) is 5.92 Å². The number of ether oxygens (including phenoxy) is 2. The van der Waals surface area contributed by atoms with Crippen molar-refractivity contribution >= 4 is 17.6 Å². The molecular formula is C26H29ClF3NO5. The first-order chi connectivity index (χ1) is 16.9. The van der Waals surface area contributed by atoms with Crippen molar-refractivity contribution in [2.75, 3.05) is 13.1 Å². The first-order valence-corrected chi connectivity index (χ1v) is 12.3. The third-order valence-corrected chi connectivity index (χ3v) is 7.61. The molecule has 2 aromatic carbocycles. The van der Waals surface area contributed by atoms with Crippen LogP contribution in [0, 0.1) is 5.92 Å². The van der Waals surface area contributed by atoms with Gasteiger partial charge in [0.2, 0.25) is 0 Å². The highest BCUT2D eigenvalue weighted by atomic mass is 35.5. The standard InChI is InChI=1S/C26H29ClF3NO5/c1-15(24(33)34)23(32)18-4-3-17-7-8-25(35-22(17)13-18)9-11-31(12-10-25)16(2)20-14-19(27)5-6-21(20)36-26(28,29)30/h3-6,13-16,23,32H,7-12H2,1-2H3,(H,33,34)/t15-,16-,23+/m0/s1. The van der Waals surface area contributed by atoms with Crippen LogP contribution in [0.2, 0.25) is 5.02 Å². The first kappa shape index (κ1) is 26.6. The average Bonchev–Trinajstić information content (AvgIpc) is 2.83. The zero-order valence-corrected chi connectivity index (χ0v) is 20.8. The molecule has 10 heteroatoms. The molecule has 196 valence electrons. The van der Waals surface area contributed by atoms with Crippen LogP contribution < -0.4 is 9.47 Å². The Morgan fingerprint density at radius 3 is 2.47 bits per heavy atom. The highest BCUT2D eigenvalue weighted by Crippen LogP contribution is 2.43. The molecule has 1 fully saturated rings. The lowest BCUT2D eigenvalue weighted by molar-refractivity contribution is -0.275. The van der Waals surface area contributed by atoms with Gasteiger partial charge < -0.3 is 19.7 Å². The number of aryl methyl sites for hydroxylation is 1. The van der Waals surface area contributed by atoms with Crippen LogP contribution in [-0.2, 0) is 11.2 Å². The second-order valence-corrected chi connectivity index (χ2v) is 10.1. The number of fused-ring (bicyclic) bond motifs is 1. The molecule has 2 aromatic rings. The number of rotatable bonds is 6. The van der Waals surface area contributed by atoms with Crippen LogP contribution in [0.15, 0.2) is 36.4 Å². The maximum absolute atomic E-state index is 12.9. The van der Waals surface area contributed by atoms with Gasteiger partial charge in [-0.3, -0.25) is 9.69 Å². The largest absolute Gasteiger partial charge is 0.573 e. The molecule has 6 nitrogen and oxygen atoms in total. The summed E-state index contributed by atoms with van der Waals surface area (Å²) in [6.07, 6.45) is -3.02. The van der Waals surface area contributed by atoms with Crippen molar-refractivity contribution in [3.63, 3.8) is 0 Å². The van der Waals surface area contributed by atoms with Gasteiger partial charge in [0.05, 0.1) is 12.0 Å². The topological polar surface area (TPSA) is 79.2 Å². The lowest BCUT2D eigenvalue weighted by Gasteiger charge is -2.46. The summed E-state index contributed by atoms with van der Waals surface area (Å²) in [5.74, 6) is -1.65. The minimum absolute atomic E-state index is 0.260. The zero-order chi connectivity index (χ0) is 26.3. The fraction of sp³-hybridized carbons (Fsp3) is 0.500. The van der Waals surface area contributed by atoms with Crippen molar-refractivity contribution < 1.29 is 37.7 Å². The molecule has 1 saturated heterocycles. The van der Waals surface area contributed by atoms with Gasteiger partial charge in [0, 0.05) is 29.7 Å². The highest BCUT2D eigenvalue weighted by molar-refractivity contribution is 6.30. The maximum atomic E-state index is 12.9. The molecular weight excluding hydrogens is 499 g/mol. The molecule has 2 heterocycles. The predicted octanol–water partition coefficient (Wildman–Crippen LogP) is 5.91. The molecule has 2 N–H and O–H groups in total. The van der Waals surface area contributed by atoms with Gasteiger partial charge in [0.1, 0.15) is 17.1 Å². The van der Waals surface area contributed by atoms with E-state index in [9.17, 15) is 28.2 Å². The second-order valence-electron chi connectivity index (χ2n) is 9.67. The fourth-order valence-electron chi connectivity index (χ4n) is 5.06. The molecule has 0 radical (unpaired) electrons. The quantitative estimate of drug-likeness (QED) is 0.486. The second kappa shape index (κ2) is 10.1. The van der Waals surface area contributed by atoms with Gasteiger partial charge in [-0.05, 0) is 74.9 Å². The number of hydrogen-bond donors (Lipinski definition) is 2. The molecule has 2 aliphatic rings. The van der Waals surface area contributed by atoms with E-state index in [2.05, 4.69) is 9.64 Å². The molecule has 4 rings (SSSR count). The number of halogens is 4. The Labute approximate surface area is 212 Å². The van der Waals surface area contributed by atoms with E-state index in [-0.39, 0.29) is 11.8 Å². The van der Waals surface area contributed by atoms with Crippen LogP contribution in [0.1, 0.15) is 61.9 Å². The van der Waals surface area contributed by atoms with Gasteiger partial charge in [0.15, 0.2) is 0 Å². The number of aliphatic hydroxyl groups is 1. The summed E-state index contributed by atoms with van der Waals surface area (Å²) in [6.45, 7) is 4.50. The van der Waals surface area contributed by atoms with E-state index >= 15 is 0 Å². The summed E-state index contributed by atoms with van der Waals surface area (Å²) in [5.41, 5.74) is 1.44. The monoisotopic (exact) mass is 527 g/mol. The summed E-state index contributed by atoms with van der Waals surface area (Å²) in [6, 6.07) is 9.10. The lowest BCUT2D eigenvalue weighted by atomic mass is 9.82. The van der Waals surface area contributed by atoms with Crippen LogP contribution in [0.4, 0.5) is 13.2 Å². The molecule has 0 aliphatic carbocycles. The highest BCUT2D eigenvalue weighted by Gasteiger charge is 2.41. The molecule has 0 bridgehead atoms. The Bertz CT molecular complexity index is 1120. The minimum atomic E-state index is -4.80. The minimum Gasteiger partial charge on any atom is -0.487 e. The number of carboxylic acids is 1. The van der Waals surface area contributed by atoms with Crippen molar-refractivity contribution in [1.29, 1.82) is 0 Å². The van der Waals surface area contributed by atoms with Crippen LogP contribution in [0.5, 0.6) is 11.5 Å². The third-order valence-electron chi connectivity index (χ3n) is 7.38. The first-order valence-electron chi connectivity index (χ1n) is 11.9. The van der Waals surface area contributed by atoms with Gasteiger partial charge in [-0.2, -0.15) is 0 Å². The van der Waals surface area contributed by atoms with Gasteiger partial charge in [-0.25, -0.2) is 0 Å². The van der Waals surface area contributed by atoms with E-state index in [1.807, 2.05) is 13.0 Å². The molecule has 0 saturated carbocycles. The van der Waals surface area contributed by atoms with Crippen molar-refractivity contribution in [3.8, 4) is 11.5 Å². The Morgan fingerprint density at radius 2 is 1.83 bits per heavy atom. The Morgan fingerprint density at radius 1 is 1.14 bits per heavy atom. The van der Waals surface area contributed by atoms with E-state index < -0.39 is 30.0 Å². The van der Waals surface area contributed by atoms with E-state index in [1.54, 1.807) is 12.1 Å². The van der Waals surface area contributed by atoms with Crippen LogP contribution in [0.3, 0.4) is 0 Å². The third kappa shape index (κ3) is 5.74. The number of alkyl halides is 3. The molecule has 0 amide bonds. The normalized spacial score (nSPS) is 20.2. The predicted molar refractivity (Wildman–Crippen MR) is 127 cm³/mol. The van der Waals surface area contributed by atoms with Crippen LogP contribution >= 0.6 is 11.6 Å². The Balaban J connectivity index is 1.47. The number of carboxylic acid groups (broad SMARTS) is 1. The van der Waals surface area contributed by atoms with Gasteiger partial charge in [-0.15, -0.1) is 13.2 Å². The summed E-state index contributed by atoms with van der Waals surface area (Å²) in [4.78, 5) is 13.4. The molecule has 1 spiro atoms.